The van der Waals surface area contributed by atoms with Crippen LogP contribution in [0, 0.1) is 0 Å². The summed E-state index contributed by atoms with van der Waals surface area (Å²) in [5.74, 6) is -0.0426. The zero-order chi connectivity index (χ0) is 15.1. The van der Waals surface area contributed by atoms with Crippen molar-refractivity contribution in [1.29, 1.82) is 0 Å². The summed E-state index contributed by atoms with van der Waals surface area (Å²) in [5.41, 5.74) is 0.304. The zero-order valence-electron chi connectivity index (χ0n) is 12.8. The molecule has 2 N–H and O–H groups in total. The second-order valence-electron chi connectivity index (χ2n) is 6.11. The minimum Gasteiger partial charge on any atom is -0.388 e. The normalized spacial score (nSPS) is 17.8. The van der Waals surface area contributed by atoms with E-state index in [0.717, 1.165) is 31.4 Å². The molecule has 0 atom stereocenters. The number of rotatable bonds is 5. The second-order valence-corrected chi connectivity index (χ2v) is 6.11. The molecule has 1 aromatic carbocycles. The Kier molecular flexibility index (Phi) is 5.62. The van der Waals surface area contributed by atoms with Crippen LogP contribution in [0.3, 0.4) is 0 Å². The Morgan fingerprint density at radius 3 is 2.43 bits per heavy atom. The predicted octanol–water partition coefficient (Wildman–Crippen LogP) is 2.32. The van der Waals surface area contributed by atoms with Crippen LogP contribution in [-0.2, 0) is 4.79 Å². The minimum atomic E-state index is -0.711. The maximum Gasteiger partial charge on any atom is 0.239 e. The van der Waals surface area contributed by atoms with Gasteiger partial charge in [0, 0.05) is 19.3 Å². The molecule has 116 valence electrons. The quantitative estimate of drug-likeness (QED) is 0.818. The second kappa shape index (κ2) is 7.46. The zero-order valence-corrected chi connectivity index (χ0v) is 12.8. The average Bonchev–Trinajstić information content (AvgIpc) is 2.71. The molecule has 1 aliphatic carbocycles. The first-order valence-corrected chi connectivity index (χ1v) is 7.84. The number of anilines is 1. The Morgan fingerprint density at radius 1 is 1.19 bits per heavy atom. The summed E-state index contributed by atoms with van der Waals surface area (Å²) >= 11 is 0. The third-order valence-electron chi connectivity index (χ3n) is 4.23. The van der Waals surface area contributed by atoms with Gasteiger partial charge in [0.15, 0.2) is 0 Å². The minimum absolute atomic E-state index is 0.0426. The molecule has 1 aromatic rings. The molecule has 1 fully saturated rings. The monoisotopic (exact) mass is 290 g/mol. The molecule has 4 heteroatoms. The molecule has 0 unspecified atom stereocenters. The summed E-state index contributed by atoms with van der Waals surface area (Å²) in [6.45, 7) is 0.675. The molecular formula is C17H26N2O2. The van der Waals surface area contributed by atoms with E-state index in [1.807, 2.05) is 42.3 Å². The summed E-state index contributed by atoms with van der Waals surface area (Å²) in [6.07, 6.45) is 6.07. The van der Waals surface area contributed by atoms with Gasteiger partial charge in [0.25, 0.3) is 0 Å². The van der Waals surface area contributed by atoms with E-state index in [0.29, 0.717) is 13.1 Å². The van der Waals surface area contributed by atoms with Gasteiger partial charge in [-0.05, 0) is 25.0 Å². The third kappa shape index (κ3) is 5.05. The Balaban J connectivity index is 1.79. The summed E-state index contributed by atoms with van der Waals surface area (Å²) in [5, 5.41) is 13.4. The predicted molar refractivity (Wildman–Crippen MR) is 85.4 cm³/mol. The van der Waals surface area contributed by atoms with Crippen molar-refractivity contribution in [2.24, 2.45) is 0 Å². The maximum absolute atomic E-state index is 12.0. The van der Waals surface area contributed by atoms with Crippen LogP contribution in [0.4, 0.5) is 5.69 Å². The summed E-state index contributed by atoms with van der Waals surface area (Å²) in [7, 11) is 1.90. The lowest BCUT2D eigenvalue weighted by molar-refractivity contribution is -0.121. The highest BCUT2D eigenvalue weighted by Crippen LogP contribution is 2.26. The van der Waals surface area contributed by atoms with E-state index in [2.05, 4.69) is 5.32 Å². The standard InChI is InChI=1S/C17H26N2O2/c1-19(15-9-5-4-6-10-15)13-16(20)18-14-17(21)11-7-2-3-8-12-17/h4-6,9-10,21H,2-3,7-8,11-14H2,1H3,(H,18,20). The Bertz CT molecular complexity index is 439. The van der Waals surface area contributed by atoms with E-state index < -0.39 is 5.60 Å². The molecule has 0 aliphatic heterocycles. The van der Waals surface area contributed by atoms with Gasteiger partial charge in [-0.2, -0.15) is 0 Å². The molecule has 0 aromatic heterocycles. The van der Waals surface area contributed by atoms with Gasteiger partial charge in [-0.15, -0.1) is 0 Å². The number of nitrogens with zero attached hydrogens (tertiary/aromatic N) is 1. The fourth-order valence-corrected chi connectivity index (χ4v) is 2.87. The lowest BCUT2D eigenvalue weighted by Crippen LogP contribution is -2.45. The molecule has 0 radical (unpaired) electrons. The number of carbonyl (C=O) groups excluding carboxylic acids is 1. The highest BCUT2D eigenvalue weighted by Gasteiger charge is 2.28. The molecule has 21 heavy (non-hydrogen) atoms. The van der Waals surface area contributed by atoms with Gasteiger partial charge >= 0.3 is 0 Å². The lowest BCUT2D eigenvalue weighted by atomic mass is 9.94. The topological polar surface area (TPSA) is 52.6 Å². The van der Waals surface area contributed by atoms with Crippen molar-refractivity contribution in [2.45, 2.75) is 44.1 Å². The van der Waals surface area contributed by atoms with Crippen LogP contribution in [-0.4, -0.2) is 36.8 Å². The van der Waals surface area contributed by atoms with E-state index in [4.69, 9.17) is 0 Å². The van der Waals surface area contributed by atoms with Crippen molar-refractivity contribution in [3.63, 3.8) is 0 Å². The number of hydrogen-bond acceptors (Lipinski definition) is 3. The summed E-state index contributed by atoms with van der Waals surface area (Å²) in [4.78, 5) is 13.9. The van der Waals surface area contributed by atoms with E-state index in [1.54, 1.807) is 0 Å². The molecule has 2 rings (SSSR count). The van der Waals surface area contributed by atoms with Gasteiger partial charge in [0.1, 0.15) is 0 Å². The van der Waals surface area contributed by atoms with Crippen molar-refractivity contribution in [1.82, 2.24) is 5.32 Å². The van der Waals surface area contributed by atoms with Gasteiger partial charge in [0.2, 0.25) is 5.91 Å². The first-order valence-electron chi connectivity index (χ1n) is 7.84. The van der Waals surface area contributed by atoms with Crippen LogP contribution in [0.25, 0.3) is 0 Å². The average molecular weight is 290 g/mol. The number of benzene rings is 1. The highest BCUT2D eigenvalue weighted by atomic mass is 16.3. The van der Waals surface area contributed by atoms with Crippen molar-refractivity contribution in [3.05, 3.63) is 30.3 Å². The van der Waals surface area contributed by atoms with Crippen LogP contribution in [0.5, 0.6) is 0 Å². The fourth-order valence-electron chi connectivity index (χ4n) is 2.87. The number of carbonyl (C=O) groups is 1. The van der Waals surface area contributed by atoms with Gasteiger partial charge in [0.05, 0.1) is 12.1 Å². The van der Waals surface area contributed by atoms with Crippen molar-refractivity contribution in [2.75, 3.05) is 25.0 Å². The number of amides is 1. The van der Waals surface area contributed by atoms with Crippen LogP contribution in [0.15, 0.2) is 30.3 Å². The third-order valence-corrected chi connectivity index (χ3v) is 4.23. The highest BCUT2D eigenvalue weighted by molar-refractivity contribution is 5.81. The SMILES string of the molecule is CN(CC(=O)NCC1(O)CCCCCC1)c1ccccc1. The molecule has 1 amide bonds. The summed E-state index contributed by atoms with van der Waals surface area (Å²) < 4.78 is 0. The Hall–Kier alpha value is -1.55. The Labute approximate surface area is 127 Å². The molecule has 1 saturated carbocycles. The number of aliphatic hydroxyl groups is 1. The first kappa shape index (κ1) is 15.8. The van der Waals surface area contributed by atoms with Crippen LogP contribution >= 0.6 is 0 Å². The van der Waals surface area contributed by atoms with Crippen molar-refractivity contribution >= 4 is 11.6 Å². The first-order chi connectivity index (χ1) is 10.1. The van der Waals surface area contributed by atoms with E-state index in [1.165, 1.54) is 12.8 Å². The van der Waals surface area contributed by atoms with E-state index in [9.17, 15) is 9.90 Å². The van der Waals surface area contributed by atoms with Crippen molar-refractivity contribution in [3.8, 4) is 0 Å². The van der Waals surface area contributed by atoms with E-state index >= 15 is 0 Å². The lowest BCUT2D eigenvalue weighted by Gasteiger charge is -2.27. The van der Waals surface area contributed by atoms with Gasteiger partial charge < -0.3 is 15.3 Å². The van der Waals surface area contributed by atoms with Gasteiger partial charge in [-0.3, -0.25) is 4.79 Å². The molecule has 0 heterocycles. The molecule has 0 spiro atoms. The van der Waals surface area contributed by atoms with Gasteiger partial charge in [-0.25, -0.2) is 0 Å². The molecule has 0 saturated heterocycles. The van der Waals surface area contributed by atoms with E-state index in [-0.39, 0.29) is 5.91 Å². The van der Waals surface area contributed by atoms with Crippen LogP contribution in [0.1, 0.15) is 38.5 Å². The number of likely N-dealkylation sites (N-methyl/N-ethyl adjacent to an activating group) is 1. The summed E-state index contributed by atoms with van der Waals surface area (Å²) in [6, 6.07) is 9.83. The number of nitrogens with one attached hydrogen (secondary N) is 1. The largest absolute Gasteiger partial charge is 0.388 e. The molecule has 4 nitrogen and oxygen atoms in total. The van der Waals surface area contributed by atoms with Crippen molar-refractivity contribution < 1.29 is 9.90 Å². The van der Waals surface area contributed by atoms with Gasteiger partial charge in [-0.1, -0.05) is 43.9 Å². The molecule has 0 bridgehead atoms. The smallest absolute Gasteiger partial charge is 0.239 e. The molecular weight excluding hydrogens is 264 g/mol. The maximum atomic E-state index is 12.0. The molecule has 1 aliphatic rings. The number of para-hydroxylation sites is 1. The fraction of sp³-hybridized carbons (Fsp3) is 0.588. The van der Waals surface area contributed by atoms with Crippen LogP contribution in [0.2, 0.25) is 0 Å². The number of hydrogen-bond donors (Lipinski definition) is 2. The Morgan fingerprint density at radius 2 is 1.81 bits per heavy atom. The van der Waals surface area contributed by atoms with Crippen LogP contribution < -0.4 is 10.2 Å².